The van der Waals surface area contributed by atoms with Gasteiger partial charge in [-0.25, -0.2) is 0 Å². The number of hydrogen-bond donors (Lipinski definition) is 2. The molecule has 110 valence electrons. The second kappa shape index (κ2) is 6.72. The van der Waals surface area contributed by atoms with E-state index in [0.29, 0.717) is 18.6 Å². The number of nitrogens with one attached hydrogen (secondary N) is 2. The van der Waals surface area contributed by atoms with Crippen LogP contribution in [0.5, 0.6) is 5.75 Å². The molecule has 0 radical (unpaired) electrons. The third-order valence-electron chi connectivity index (χ3n) is 3.37. The SMILES string of the molecule is COc1ccc(NC(=O)CN2CC(C)NC(C)C2)cc1. The van der Waals surface area contributed by atoms with Crippen LogP contribution >= 0.6 is 0 Å². The first-order chi connectivity index (χ1) is 9.56. The van der Waals surface area contributed by atoms with Gasteiger partial charge in [0.15, 0.2) is 0 Å². The number of carbonyl (C=O) groups excluding carboxylic acids is 1. The Morgan fingerprint density at radius 3 is 2.45 bits per heavy atom. The van der Waals surface area contributed by atoms with Gasteiger partial charge in [-0.3, -0.25) is 9.69 Å². The molecule has 0 aliphatic carbocycles. The molecule has 2 N–H and O–H groups in total. The highest BCUT2D eigenvalue weighted by Gasteiger charge is 2.22. The van der Waals surface area contributed by atoms with Crippen LogP contribution in [0.2, 0.25) is 0 Å². The lowest BCUT2D eigenvalue weighted by atomic mass is 10.1. The van der Waals surface area contributed by atoms with E-state index in [1.165, 1.54) is 0 Å². The number of anilines is 1. The Morgan fingerprint density at radius 1 is 1.30 bits per heavy atom. The van der Waals surface area contributed by atoms with Crippen LogP contribution in [0.4, 0.5) is 5.69 Å². The van der Waals surface area contributed by atoms with Crippen LogP contribution in [0.1, 0.15) is 13.8 Å². The minimum absolute atomic E-state index is 0.0245. The van der Waals surface area contributed by atoms with E-state index in [9.17, 15) is 4.79 Å². The van der Waals surface area contributed by atoms with Crippen molar-refractivity contribution in [3.05, 3.63) is 24.3 Å². The van der Waals surface area contributed by atoms with Crippen LogP contribution in [0.3, 0.4) is 0 Å². The van der Waals surface area contributed by atoms with Gasteiger partial charge in [-0.2, -0.15) is 0 Å². The van der Waals surface area contributed by atoms with Crippen LogP contribution in [0.15, 0.2) is 24.3 Å². The van der Waals surface area contributed by atoms with Gasteiger partial charge in [-0.1, -0.05) is 0 Å². The second-order valence-electron chi connectivity index (χ2n) is 5.44. The Morgan fingerprint density at radius 2 is 1.90 bits per heavy atom. The molecule has 2 unspecified atom stereocenters. The smallest absolute Gasteiger partial charge is 0.238 e. The zero-order chi connectivity index (χ0) is 14.5. The molecule has 1 aromatic rings. The summed E-state index contributed by atoms with van der Waals surface area (Å²) in [5, 5.41) is 6.37. The van der Waals surface area contributed by atoms with Crippen molar-refractivity contribution in [3.8, 4) is 5.75 Å². The van der Waals surface area contributed by atoms with Crippen LogP contribution in [0.25, 0.3) is 0 Å². The summed E-state index contributed by atoms with van der Waals surface area (Å²) in [6, 6.07) is 8.22. The third-order valence-corrected chi connectivity index (χ3v) is 3.37. The molecule has 1 amide bonds. The predicted octanol–water partition coefficient (Wildman–Crippen LogP) is 1.32. The molecule has 1 aliphatic heterocycles. The van der Waals surface area contributed by atoms with E-state index in [4.69, 9.17) is 4.74 Å². The molecule has 0 spiro atoms. The van der Waals surface area contributed by atoms with Crippen molar-refractivity contribution in [3.63, 3.8) is 0 Å². The van der Waals surface area contributed by atoms with Crippen molar-refractivity contribution in [1.29, 1.82) is 0 Å². The molecule has 1 saturated heterocycles. The summed E-state index contributed by atoms with van der Waals surface area (Å²) in [4.78, 5) is 14.2. The van der Waals surface area contributed by atoms with Crippen molar-refractivity contribution in [1.82, 2.24) is 10.2 Å². The number of amides is 1. The van der Waals surface area contributed by atoms with Gasteiger partial charge in [-0.05, 0) is 38.1 Å². The first kappa shape index (κ1) is 14.8. The number of piperazine rings is 1. The first-order valence-electron chi connectivity index (χ1n) is 6.99. The molecule has 1 aromatic carbocycles. The summed E-state index contributed by atoms with van der Waals surface area (Å²) in [5.74, 6) is 0.809. The standard InChI is InChI=1S/C15H23N3O2/c1-11-8-18(9-12(2)16-11)10-15(19)17-13-4-6-14(20-3)7-5-13/h4-7,11-12,16H,8-10H2,1-3H3,(H,17,19). The fraction of sp³-hybridized carbons (Fsp3) is 0.533. The number of carbonyl (C=O) groups is 1. The van der Waals surface area contributed by atoms with Crippen LogP contribution in [0, 0.1) is 0 Å². The number of ether oxygens (including phenoxy) is 1. The van der Waals surface area contributed by atoms with E-state index in [-0.39, 0.29) is 5.91 Å². The molecule has 2 atom stereocenters. The van der Waals surface area contributed by atoms with Gasteiger partial charge in [-0.15, -0.1) is 0 Å². The van der Waals surface area contributed by atoms with Crippen molar-refractivity contribution in [2.45, 2.75) is 25.9 Å². The average molecular weight is 277 g/mol. The minimum Gasteiger partial charge on any atom is -0.497 e. The lowest BCUT2D eigenvalue weighted by Gasteiger charge is -2.35. The van der Waals surface area contributed by atoms with Crippen molar-refractivity contribution >= 4 is 11.6 Å². The highest BCUT2D eigenvalue weighted by atomic mass is 16.5. The van der Waals surface area contributed by atoms with Gasteiger partial charge in [0, 0.05) is 30.9 Å². The van der Waals surface area contributed by atoms with Gasteiger partial charge >= 0.3 is 0 Å². The van der Waals surface area contributed by atoms with E-state index < -0.39 is 0 Å². The summed E-state index contributed by atoms with van der Waals surface area (Å²) >= 11 is 0. The summed E-state index contributed by atoms with van der Waals surface area (Å²) in [7, 11) is 1.63. The van der Waals surface area contributed by atoms with Gasteiger partial charge in [0.2, 0.25) is 5.91 Å². The lowest BCUT2D eigenvalue weighted by molar-refractivity contribution is -0.117. The van der Waals surface area contributed by atoms with Crippen LogP contribution in [-0.4, -0.2) is 49.6 Å². The number of methoxy groups -OCH3 is 1. The predicted molar refractivity (Wildman–Crippen MR) is 80.1 cm³/mol. The quantitative estimate of drug-likeness (QED) is 0.871. The van der Waals surface area contributed by atoms with E-state index in [1.54, 1.807) is 7.11 Å². The van der Waals surface area contributed by atoms with E-state index in [0.717, 1.165) is 24.5 Å². The highest BCUT2D eigenvalue weighted by molar-refractivity contribution is 5.92. The van der Waals surface area contributed by atoms with E-state index in [1.807, 2.05) is 24.3 Å². The monoisotopic (exact) mass is 277 g/mol. The molecule has 0 bridgehead atoms. The van der Waals surface area contributed by atoms with Crippen molar-refractivity contribution < 1.29 is 9.53 Å². The summed E-state index contributed by atoms with van der Waals surface area (Å²) < 4.78 is 5.09. The molecule has 1 fully saturated rings. The molecule has 5 nitrogen and oxygen atoms in total. The molecule has 0 saturated carbocycles. The van der Waals surface area contributed by atoms with Crippen LogP contribution < -0.4 is 15.4 Å². The maximum Gasteiger partial charge on any atom is 0.238 e. The van der Waals surface area contributed by atoms with E-state index in [2.05, 4.69) is 29.4 Å². The molecular formula is C15H23N3O2. The molecule has 5 heteroatoms. The van der Waals surface area contributed by atoms with Gasteiger partial charge in [0.25, 0.3) is 0 Å². The Bertz CT molecular complexity index is 437. The Kier molecular flexibility index (Phi) is 4.98. The molecule has 2 rings (SSSR count). The molecule has 1 heterocycles. The topological polar surface area (TPSA) is 53.6 Å². The van der Waals surface area contributed by atoms with E-state index >= 15 is 0 Å². The Labute approximate surface area is 120 Å². The molecule has 20 heavy (non-hydrogen) atoms. The van der Waals surface area contributed by atoms with Crippen LogP contribution in [-0.2, 0) is 4.79 Å². The maximum atomic E-state index is 12.0. The molecule has 1 aliphatic rings. The van der Waals surface area contributed by atoms with Gasteiger partial charge < -0.3 is 15.4 Å². The number of hydrogen-bond acceptors (Lipinski definition) is 4. The minimum atomic E-state index is 0.0245. The number of nitrogens with zero attached hydrogens (tertiary/aromatic N) is 1. The Hall–Kier alpha value is -1.59. The number of benzene rings is 1. The average Bonchev–Trinajstić information content (AvgIpc) is 2.38. The second-order valence-corrected chi connectivity index (χ2v) is 5.44. The largest absolute Gasteiger partial charge is 0.497 e. The van der Waals surface area contributed by atoms with Gasteiger partial charge in [0.1, 0.15) is 5.75 Å². The molecular weight excluding hydrogens is 254 g/mol. The zero-order valence-corrected chi connectivity index (χ0v) is 12.3. The summed E-state index contributed by atoms with van der Waals surface area (Å²) in [6.07, 6.45) is 0. The highest BCUT2D eigenvalue weighted by Crippen LogP contribution is 2.15. The maximum absolute atomic E-state index is 12.0. The fourth-order valence-corrected chi connectivity index (χ4v) is 2.65. The first-order valence-corrected chi connectivity index (χ1v) is 6.99. The molecule has 0 aromatic heterocycles. The lowest BCUT2D eigenvalue weighted by Crippen LogP contribution is -2.55. The normalized spacial score (nSPS) is 23.4. The summed E-state index contributed by atoms with van der Waals surface area (Å²) in [6.45, 7) is 6.53. The third kappa shape index (κ3) is 4.21. The number of rotatable bonds is 4. The van der Waals surface area contributed by atoms with Crippen molar-refractivity contribution in [2.75, 3.05) is 32.1 Å². The zero-order valence-electron chi connectivity index (χ0n) is 12.3. The van der Waals surface area contributed by atoms with Gasteiger partial charge in [0.05, 0.1) is 13.7 Å². The fourth-order valence-electron chi connectivity index (χ4n) is 2.65. The summed E-state index contributed by atoms with van der Waals surface area (Å²) in [5.41, 5.74) is 0.798. The Balaban J connectivity index is 1.85. The van der Waals surface area contributed by atoms with Crippen molar-refractivity contribution in [2.24, 2.45) is 0 Å².